The van der Waals surface area contributed by atoms with Crippen LogP contribution in [0.15, 0.2) is 109 Å². The van der Waals surface area contributed by atoms with Crippen molar-refractivity contribution in [1.29, 1.82) is 0 Å². The molecule has 0 amide bonds. The predicted molar refractivity (Wildman–Crippen MR) is 228 cm³/mol. The monoisotopic (exact) mass is 860 g/mol. The van der Waals surface area contributed by atoms with Gasteiger partial charge in [-0.1, -0.05) is 149 Å². The number of hydrogen-bond acceptors (Lipinski definition) is 0. The van der Waals surface area contributed by atoms with Gasteiger partial charge in [-0.15, -0.1) is 69.1 Å². The fourth-order valence-corrected chi connectivity index (χ4v) is 10.3. The maximum Gasteiger partial charge on any atom is 4.00 e. The van der Waals surface area contributed by atoms with Crippen molar-refractivity contribution in [3.8, 4) is 22.3 Å². The van der Waals surface area contributed by atoms with Gasteiger partial charge in [-0.25, -0.2) is 0 Å². The van der Waals surface area contributed by atoms with Gasteiger partial charge in [0.05, 0.1) is 16.1 Å². The quantitative estimate of drug-likeness (QED) is 0.0951. The molecule has 0 aliphatic rings. The van der Waals surface area contributed by atoms with Gasteiger partial charge in [0, 0.05) is 0 Å². The first-order chi connectivity index (χ1) is 22.2. The second kappa shape index (κ2) is 16.0. The fraction of sp³-hybridized carbons (Fsp3) is 0.319. The Bertz CT molecular complexity index is 1840. The van der Waals surface area contributed by atoms with E-state index in [1.165, 1.54) is 65.3 Å². The zero-order valence-electron chi connectivity index (χ0n) is 33.0. The fourth-order valence-electron chi connectivity index (χ4n) is 7.94. The average Bonchev–Trinajstić information content (AvgIpc) is 3.65. The normalized spacial score (nSPS) is 12.2. The number of hydrogen-bond donors (Lipinski definition) is 0. The summed E-state index contributed by atoms with van der Waals surface area (Å²) in [4.78, 5) is 0. The summed E-state index contributed by atoms with van der Waals surface area (Å²) in [5, 5.41) is 8.48. The Morgan fingerprint density at radius 1 is 0.520 bits per heavy atom. The van der Waals surface area contributed by atoms with Crippen molar-refractivity contribution in [3.05, 3.63) is 135 Å². The molecule has 0 bridgehead atoms. The predicted octanol–water partition coefficient (Wildman–Crippen LogP) is 13.1. The molecule has 0 unspecified atom stereocenters. The Labute approximate surface area is 326 Å². The van der Waals surface area contributed by atoms with Crippen LogP contribution >= 0.6 is 0 Å². The molecule has 3 heteroatoms. The van der Waals surface area contributed by atoms with Crippen LogP contribution in [0.25, 0.3) is 43.8 Å². The van der Waals surface area contributed by atoms with Gasteiger partial charge in [-0.3, -0.25) is 0 Å². The van der Waals surface area contributed by atoms with Gasteiger partial charge in [-0.05, 0) is 41.2 Å². The average molecular weight is 860 g/mol. The maximum absolute atomic E-state index is 2.55. The van der Waals surface area contributed by atoms with Crippen LogP contribution in [0.5, 0.6) is 0 Å². The van der Waals surface area contributed by atoms with E-state index in [-0.39, 0.29) is 46.1 Å². The molecular weight excluding hydrogens is 799 g/mol. The van der Waals surface area contributed by atoms with Gasteiger partial charge in [0.15, 0.2) is 0 Å². The van der Waals surface area contributed by atoms with E-state index in [0.717, 1.165) is 12.8 Å². The molecule has 50 heavy (non-hydrogen) atoms. The second-order valence-corrected chi connectivity index (χ2v) is 27.2. The van der Waals surface area contributed by atoms with E-state index >= 15 is 0 Å². The standard InChI is InChI=1S/C45H54Si2.2CH3.Hf/c1-31(2)29-45(30-32(3)4,37-25-35-13-11-15-41(43(35)27-37)33-17-21-39(22-18-33)46(5,6)7)38-26-36-14-12-16-42(44(36)28-38)34-19-23-40(24-20-34)47(8,9)10;;;/h11-28,31-32H,29-30H2,1-10H3;2*1H3;/q-2;2*-1;+4. The third kappa shape index (κ3) is 8.37. The van der Waals surface area contributed by atoms with Gasteiger partial charge in [0.1, 0.15) is 0 Å². The summed E-state index contributed by atoms with van der Waals surface area (Å²) in [7, 11) is -2.70. The van der Waals surface area contributed by atoms with E-state index < -0.39 is 16.1 Å². The Morgan fingerprint density at radius 3 is 1.16 bits per heavy atom. The van der Waals surface area contributed by atoms with Crippen LogP contribution in [0.4, 0.5) is 0 Å². The third-order valence-corrected chi connectivity index (χ3v) is 14.4. The van der Waals surface area contributed by atoms with E-state index in [1.54, 1.807) is 0 Å². The summed E-state index contributed by atoms with van der Waals surface area (Å²) in [5.41, 5.74) is 8.19. The summed E-state index contributed by atoms with van der Waals surface area (Å²) in [6.45, 7) is 24.2. The summed E-state index contributed by atoms with van der Waals surface area (Å²) in [5.74, 6) is 1.12. The molecule has 0 aliphatic heterocycles. The van der Waals surface area contributed by atoms with Crippen molar-refractivity contribution in [3.63, 3.8) is 0 Å². The van der Waals surface area contributed by atoms with Crippen LogP contribution in [0.3, 0.4) is 0 Å². The van der Waals surface area contributed by atoms with Crippen LogP contribution < -0.4 is 10.4 Å². The first-order valence-electron chi connectivity index (χ1n) is 17.8. The molecule has 0 heterocycles. The first kappa shape index (κ1) is 41.8. The zero-order valence-corrected chi connectivity index (χ0v) is 38.6. The summed E-state index contributed by atoms with van der Waals surface area (Å²) < 4.78 is 0. The second-order valence-electron chi connectivity index (χ2n) is 17.0. The number of fused-ring (bicyclic) bond motifs is 2. The van der Waals surface area contributed by atoms with Crippen molar-refractivity contribution >= 4 is 48.1 Å². The number of benzene rings is 4. The summed E-state index contributed by atoms with van der Waals surface area (Å²) >= 11 is 0. The van der Waals surface area contributed by atoms with E-state index in [0.29, 0.717) is 11.8 Å². The Kier molecular flexibility index (Phi) is 13.4. The van der Waals surface area contributed by atoms with E-state index in [9.17, 15) is 0 Å². The van der Waals surface area contributed by atoms with E-state index in [2.05, 4.69) is 176 Å². The minimum atomic E-state index is -1.35. The molecule has 0 saturated heterocycles. The molecule has 0 aliphatic carbocycles. The Hall–Kier alpha value is -2.60. The molecule has 6 aromatic rings. The maximum atomic E-state index is 2.55. The SMILES string of the molecule is CC(C)CC(CC(C)C)(c1cc2c(-c3ccc([Si](C)(C)C)cc3)cccc2[cH-]1)c1cc2c(-c3ccc([Si](C)(C)C)cc3)cccc2[cH-]1.[CH3-].[CH3-].[Hf+4]. The largest absolute Gasteiger partial charge is 4.00 e. The van der Waals surface area contributed by atoms with Crippen LogP contribution in [-0.4, -0.2) is 16.1 Å². The molecule has 0 atom stereocenters. The molecule has 0 N–H and O–H groups in total. The zero-order chi connectivity index (χ0) is 33.7. The van der Waals surface area contributed by atoms with Crippen molar-refractivity contribution < 1.29 is 25.8 Å². The van der Waals surface area contributed by atoms with Crippen LogP contribution in [-0.2, 0) is 31.3 Å². The topological polar surface area (TPSA) is 0 Å². The number of rotatable bonds is 10. The minimum absolute atomic E-state index is 0. The van der Waals surface area contributed by atoms with Crippen molar-refractivity contribution in [1.82, 2.24) is 0 Å². The molecule has 0 aromatic heterocycles. The van der Waals surface area contributed by atoms with Crippen LogP contribution in [0.2, 0.25) is 39.3 Å². The minimum Gasteiger partial charge on any atom is -0.358 e. The van der Waals surface area contributed by atoms with E-state index in [1.807, 2.05) is 0 Å². The smallest absolute Gasteiger partial charge is 0.358 e. The summed E-state index contributed by atoms with van der Waals surface area (Å²) in [6, 6.07) is 42.8. The molecule has 6 rings (SSSR count). The first-order valence-corrected chi connectivity index (χ1v) is 24.8. The van der Waals surface area contributed by atoms with Crippen molar-refractivity contribution in [2.45, 2.75) is 85.2 Å². The van der Waals surface area contributed by atoms with Crippen LogP contribution in [0, 0.1) is 26.7 Å². The van der Waals surface area contributed by atoms with Crippen molar-refractivity contribution in [2.75, 3.05) is 0 Å². The molecular formula is C47H60HfSi2. The van der Waals surface area contributed by atoms with Gasteiger partial charge in [-0.2, -0.15) is 12.1 Å². The van der Waals surface area contributed by atoms with Gasteiger partial charge >= 0.3 is 25.8 Å². The molecule has 0 fully saturated rings. The van der Waals surface area contributed by atoms with Gasteiger partial charge in [0.25, 0.3) is 0 Å². The molecule has 0 nitrogen and oxygen atoms in total. The molecule has 260 valence electrons. The Balaban J connectivity index is 0.00000225. The summed E-state index contributed by atoms with van der Waals surface area (Å²) in [6.07, 6.45) is 2.25. The Morgan fingerprint density at radius 2 is 0.860 bits per heavy atom. The van der Waals surface area contributed by atoms with E-state index in [4.69, 9.17) is 0 Å². The molecule has 0 saturated carbocycles. The third-order valence-electron chi connectivity index (χ3n) is 10.2. The van der Waals surface area contributed by atoms with Gasteiger partial charge < -0.3 is 14.9 Å². The molecule has 0 radical (unpaired) electrons. The van der Waals surface area contributed by atoms with Crippen LogP contribution in [0.1, 0.15) is 51.7 Å². The van der Waals surface area contributed by atoms with Gasteiger partial charge in [0.2, 0.25) is 0 Å². The molecule has 0 spiro atoms. The van der Waals surface area contributed by atoms with Crippen molar-refractivity contribution in [2.24, 2.45) is 11.8 Å². The molecule has 6 aromatic carbocycles.